The zero-order chi connectivity index (χ0) is 10.9. The molecule has 1 aliphatic heterocycles. The molecule has 1 spiro atoms. The summed E-state index contributed by atoms with van der Waals surface area (Å²) < 4.78 is 11.3. The number of carbonyl (C=O) groups excluding carboxylic acids is 1. The van der Waals surface area contributed by atoms with E-state index in [1.54, 1.807) is 0 Å². The molecular weight excluding hydrogens is 230 g/mol. The molecule has 2 aliphatic rings. The summed E-state index contributed by atoms with van der Waals surface area (Å²) in [5.41, 5.74) is 0. The van der Waals surface area contributed by atoms with Gasteiger partial charge in [0.25, 0.3) is 0 Å². The molecule has 16 heavy (non-hydrogen) atoms. The first-order chi connectivity index (χ1) is 7.11. The molecular formula is C11H20ClNO3. The summed E-state index contributed by atoms with van der Waals surface area (Å²) in [5, 5.41) is 0. The second kappa shape index (κ2) is 5.45. The first-order valence-electron chi connectivity index (χ1n) is 5.57. The molecule has 1 saturated heterocycles. The van der Waals surface area contributed by atoms with Crippen LogP contribution in [0, 0.1) is 5.92 Å². The van der Waals surface area contributed by atoms with Crippen molar-refractivity contribution in [1.82, 2.24) is 4.90 Å². The van der Waals surface area contributed by atoms with Crippen LogP contribution in [0.15, 0.2) is 0 Å². The van der Waals surface area contributed by atoms with Crippen LogP contribution in [0.1, 0.15) is 19.3 Å². The van der Waals surface area contributed by atoms with Crippen LogP contribution in [-0.2, 0) is 14.3 Å². The van der Waals surface area contributed by atoms with Crippen molar-refractivity contribution >= 4 is 18.2 Å². The third-order valence-electron chi connectivity index (χ3n) is 3.16. The van der Waals surface area contributed by atoms with Crippen LogP contribution in [-0.4, -0.2) is 50.3 Å². The largest absolute Gasteiger partial charge is 0.347 e. The highest BCUT2D eigenvalue weighted by atomic mass is 35.5. The van der Waals surface area contributed by atoms with Gasteiger partial charge in [-0.15, -0.1) is 12.4 Å². The van der Waals surface area contributed by atoms with Crippen LogP contribution in [0.4, 0.5) is 0 Å². The second-order valence-corrected chi connectivity index (χ2v) is 4.74. The number of Topliss-reactive ketones (excluding diaryl/α,β-unsaturated/α-hetero) is 1. The fourth-order valence-corrected chi connectivity index (χ4v) is 2.48. The Morgan fingerprint density at radius 1 is 1.38 bits per heavy atom. The molecule has 94 valence electrons. The van der Waals surface area contributed by atoms with Crippen molar-refractivity contribution in [2.24, 2.45) is 5.92 Å². The number of carbonyl (C=O) groups is 1. The lowest BCUT2D eigenvalue weighted by Crippen LogP contribution is -2.43. The number of ketones is 1. The summed E-state index contributed by atoms with van der Waals surface area (Å²) in [4.78, 5) is 13.8. The van der Waals surface area contributed by atoms with Gasteiger partial charge in [-0.1, -0.05) is 0 Å². The highest BCUT2D eigenvalue weighted by molar-refractivity contribution is 5.85. The first kappa shape index (κ1) is 13.9. The van der Waals surface area contributed by atoms with Gasteiger partial charge in [-0.05, 0) is 14.1 Å². The van der Waals surface area contributed by atoms with Gasteiger partial charge in [0.15, 0.2) is 5.79 Å². The highest BCUT2D eigenvalue weighted by Gasteiger charge is 2.44. The predicted octanol–water partition coefficient (Wildman–Crippen LogP) is 1.08. The van der Waals surface area contributed by atoms with Gasteiger partial charge < -0.3 is 14.4 Å². The van der Waals surface area contributed by atoms with Crippen molar-refractivity contribution in [3.8, 4) is 0 Å². The molecule has 0 aromatic heterocycles. The maximum absolute atomic E-state index is 11.7. The van der Waals surface area contributed by atoms with E-state index in [0.717, 1.165) is 19.4 Å². The molecule has 1 heterocycles. The normalized spacial score (nSPS) is 28.4. The Morgan fingerprint density at radius 2 is 2.00 bits per heavy atom. The summed E-state index contributed by atoms with van der Waals surface area (Å²) in [5.74, 6) is -0.00512. The van der Waals surface area contributed by atoms with Crippen LogP contribution in [0.5, 0.6) is 0 Å². The van der Waals surface area contributed by atoms with Gasteiger partial charge in [0.1, 0.15) is 5.78 Å². The monoisotopic (exact) mass is 249 g/mol. The topological polar surface area (TPSA) is 38.8 Å². The van der Waals surface area contributed by atoms with Crippen molar-refractivity contribution < 1.29 is 14.3 Å². The average molecular weight is 250 g/mol. The maximum Gasteiger partial charge on any atom is 0.169 e. The van der Waals surface area contributed by atoms with Crippen LogP contribution in [0.3, 0.4) is 0 Å². The molecule has 0 bridgehead atoms. The van der Waals surface area contributed by atoms with Crippen molar-refractivity contribution in [2.45, 2.75) is 25.0 Å². The van der Waals surface area contributed by atoms with E-state index < -0.39 is 5.79 Å². The molecule has 1 atom stereocenters. The van der Waals surface area contributed by atoms with Crippen LogP contribution in [0.25, 0.3) is 0 Å². The number of hydrogen-bond donors (Lipinski definition) is 0. The molecule has 0 amide bonds. The quantitative estimate of drug-likeness (QED) is 0.734. The minimum absolute atomic E-state index is 0. The zero-order valence-corrected chi connectivity index (χ0v) is 10.7. The smallest absolute Gasteiger partial charge is 0.169 e. The highest BCUT2D eigenvalue weighted by Crippen LogP contribution is 2.37. The van der Waals surface area contributed by atoms with E-state index in [0.29, 0.717) is 25.4 Å². The molecule has 1 saturated carbocycles. The molecule has 0 aromatic carbocycles. The maximum atomic E-state index is 11.7. The third kappa shape index (κ3) is 2.94. The van der Waals surface area contributed by atoms with E-state index in [2.05, 4.69) is 4.90 Å². The molecule has 1 unspecified atom stereocenters. The Labute approximate surface area is 103 Å². The van der Waals surface area contributed by atoms with Crippen LogP contribution >= 0.6 is 12.4 Å². The minimum Gasteiger partial charge on any atom is -0.347 e. The molecule has 5 heteroatoms. The van der Waals surface area contributed by atoms with E-state index in [1.807, 2.05) is 14.1 Å². The number of nitrogens with zero attached hydrogens (tertiary/aromatic N) is 1. The molecule has 1 aliphatic carbocycles. The van der Waals surface area contributed by atoms with Gasteiger partial charge in [0.05, 0.1) is 13.2 Å². The molecule has 0 N–H and O–H groups in total. The van der Waals surface area contributed by atoms with Crippen molar-refractivity contribution in [1.29, 1.82) is 0 Å². The number of halogens is 1. The van der Waals surface area contributed by atoms with Crippen LogP contribution < -0.4 is 0 Å². The summed E-state index contributed by atoms with van der Waals surface area (Å²) in [6.45, 7) is 2.14. The number of ether oxygens (including phenoxy) is 2. The summed E-state index contributed by atoms with van der Waals surface area (Å²) in [6.07, 6.45) is 2.05. The summed E-state index contributed by atoms with van der Waals surface area (Å²) in [6, 6.07) is 0. The van der Waals surface area contributed by atoms with Gasteiger partial charge in [-0.2, -0.15) is 0 Å². The molecule has 0 aromatic rings. The molecule has 4 nitrogen and oxygen atoms in total. The first-order valence-corrected chi connectivity index (χ1v) is 5.57. The lowest BCUT2D eigenvalue weighted by Gasteiger charge is -2.36. The Kier molecular flexibility index (Phi) is 4.73. The fraction of sp³-hybridized carbons (Fsp3) is 0.909. The van der Waals surface area contributed by atoms with E-state index >= 15 is 0 Å². The summed E-state index contributed by atoms with van der Waals surface area (Å²) in [7, 11) is 3.98. The average Bonchev–Trinajstić information content (AvgIpc) is 2.60. The van der Waals surface area contributed by atoms with E-state index in [-0.39, 0.29) is 18.3 Å². The predicted molar refractivity (Wildman–Crippen MR) is 62.8 cm³/mol. The van der Waals surface area contributed by atoms with Crippen molar-refractivity contribution in [2.75, 3.05) is 33.9 Å². The Balaban J connectivity index is 0.00000128. The number of rotatable bonds is 2. The van der Waals surface area contributed by atoms with Gasteiger partial charge >= 0.3 is 0 Å². The molecule has 0 radical (unpaired) electrons. The second-order valence-electron chi connectivity index (χ2n) is 4.74. The van der Waals surface area contributed by atoms with Crippen molar-refractivity contribution in [3.05, 3.63) is 0 Å². The number of hydrogen-bond acceptors (Lipinski definition) is 4. The lowest BCUT2D eigenvalue weighted by molar-refractivity contribution is -0.189. The fourth-order valence-electron chi connectivity index (χ4n) is 2.48. The lowest BCUT2D eigenvalue weighted by atomic mass is 9.83. The Bertz CT molecular complexity index is 252. The van der Waals surface area contributed by atoms with Gasteiger partial charge in [-0.25, -0.2) is 0 Å². The Morgan fingerprint density at radius 3 is 2.56 bits per heavy atom. The van der Waals surface area contributed by atoms with Gasteiger partial charge in [0, 0.05) is 31.7 Å². The zero-order valence-electron chi connectivity index (χ0n) is 9.90. The van der Waals surface area contributed by atoms with E-state index in [1.165, 1.54) is 0 Å². The minimum atomic E-state index is -0.436. The third-order valence-corrected chi connectivity index (χ3v) is 3.16. The Hall–Kier alpha value is -0.160. The van der Waals surface area contributed by atoms with E-state index in [9.17, 15) is 4.79 Å². The van der Waals surface area contributed by atoms with E-state index in [4.69, 9.17) is 9.47 Å². The molecule has 2 fully saturated rings. The van der Waals surface area contributed by atoms with Crippen molar-refractivity contribution in [3.63, 3.8) is 0 Å². The standard InChI is InChI=1S/C11H19NO3.ClH/c1-12(2)8-9-7-11(4-3-10(9)13)14-5-6-15-11;/h9H,3-8H2,1-2H3;1H. The van der Waals surface area contributed by atoms with Gasteiger partial charge in [0.2, 0.25) is 0 Å². The summed E-state index contributed by atoms with van der Waals surface area (Å²) >= 11 is 0. The van der Waals surface area contributed by atoms with Gasteiger partial charge in [-0.3, -0.25) is 4.79 Å². The molecule has 2 rings (SSSR count). The SMILES string of the molecule is CN(C)CC1CC2(CCC1=O)OCCO2.Cl. The van der Waals surface area contributed by atoms with Crippen LogP contribution in [0.2, 0.25) is 0 Å².